The molecule has 1 saturated heterocycles. The van der Waals surface area contributed by atoms with E-state index in [4.69, 9.17) is 14.5 Å². The van der Waals surface area contributed by atoms with Gasteiger partial charge in [-0.2, -0.15) is 0 Å². The summed E-state index contributed by atoms with van der Waals surface area (Å²) >= 11 is 0. The van der Waals surface area contributed by atoms with Gasteiger partial charge >= 0.3 is 5.97 Å². The maximum Gasteiger partial charge on any atom is 0.308 e. The summed E-state index contributed by atoms with van der Waals surface area (Å²) in [5.41, 5.74) is 3.42. The van der Waals surface area contributed by atoms with Gasteiger partial charge in [-0.1, -0.05) is 60.6 Å². The van der Waals surface area contributed by atoms with Crippen molar-refractivity contribution in [3.63, 3.8) is 0 Å². The number of ether oxygens (including phenoxy) is 1. The molecular weight excluding hydrogens is 340 g/mol. The molecule has 2 rings (SSSR count). The second-order valence-electron chi connectivity index (χ2n) is 7.93. The monoisotopic (exact) mass is 372 g/mol. The molecule has 0 aromatic heterocycles. The van der Waals surface area contributed by atoms with E-state index < -0.39 is 0 Å². The number of methoxy groups -OCH3 is 1. The van der Waals surface area contributed by atoms with Crippen molar-refractivity contribution in [3.05, 3.63) is 59.2 Å². The summed E-state index contributed by atoms with van der Waals surface area (Å²) < 4.78 is 4.73. The van der Waals surface area contributed by atoms with Crippen LogP contribution in [0.3, 0.4) is 0 Å². The lowest BCUT2D eigenvalue weighted by Gasteiger charge is -2.40. The normalized spacial score (nSPS) is 26.7. The zero-order chi connectivity index (χ0) is 19.9. The predicted octanol–water partition coefficient (Wildman–Crippen LogP) is 5.19. The molecule has 1 aromatic carbocycles. The number of esters is 1. The van der Waals surface area contributed by atoms with Crippen molar-refractivity contribution in [2.75, 3.05) is 7.11 Å². The summed E-state index contributed by atoms with van der Waals surface area (Å²) in [7, 11) is 1.39. The fraction of sp³-hybridized carbons (Fsp3) is 0.522. The molecule has 1 aliphatic heterocycles. The molecular formula is C23H32O4. The Labute approximate surface area is 163 Å². The average molecular weight is 373 g/mol. The predicted molar refractivity (Wildman–Crippen MR) is 107 cm³/mol. The first kappa shape index (κ1) is 21.4. The van der Waals surface area contributed by atoms with Crippen LogP contribution in [-0.2, 0) is 25.7 Å². The van der Waals surface area contributed by atoms with Crippen LogP contribution in [0.25, 0.3) is 0 Å². The molecule has 3 atom stereocenters. The van der Waals surface area contributed by atoms with Crippen molar-refractivity contribution < 1.29 is 19.3 Å². The highest BCUT2D eigenvalue weighted by atomic mass is 17.2. The van der Waals surface area contributed by atoms with Gasteiger partial charge in [-0.25, -0.2) is 9.78 Å². The Morgan fingerprint density at radius 2 is 2.00 bits per heavy atom. The maximum absolute atomic E-state index is 11.5. The number of allylic oxidation sites excluding steroid dienone is 3. The van der Waals surface area contributed by atoms with Crippen LogP contribution in [0.1, 0.15) is 52.5 Å². The first-order valence-electron chi connectivity index (χ1n) is 9.60. The Kier molecular flexibility index (Phi) is 7.81. The summed E-state index contributed by atoms with van der Waals surface area (Å²) in [6.07, 6.45) is 6.99. The van der Waals surface area contributed by atoms with Crippen molar-refractivity contribution in [3.8, 4) is 0 Å². The number of rotatable bonds is 7. The molecule has 27 heavy (non-hydrogen) atoms. The van der Waals surface area contributed by atoms with Gasteiger partial charge in [0.25, 0.3) is 0 Å². The molecule has 0 saturated carbocycles. The third-order valence-electron chi connectivity index (χ3n) is 4.99. The molecule has 1 fully saturated rings. The lowest BCUT2D eigenvalue weighted by atomic mass is 9.83. The molecule has 148 valence electrons. The van der Waals surface area contributed by atoms with Gasteiger partial charge in [0.15, 0.2) is 0 Å². The number of benzene rings is 1. The van der Waals surface area contributed by atoms with Gasteiger partial charge in [-0.05, 0) is 45.1 Å². The molecule has 0 radical (unpaired) electrons. The molecule has 0 bridgehead atoms. The Bertz CT molecular complexity index is 677. The molecule has 0 spiro atoms. The first-order valence-corrected chi connectivity index (χ1v) is 9.60. The maximum atomic E-state index is 11.5. The van der Waals surface area contributed by atoms with Crippen LogP contribution >= 0.6 is 0 Å². The van der Waals surface area contributed by atoms with Gasteiger partial charge in [-0.15, -0.1) is 0 Å². The molecule has 0 amide bonds. The fourth-order valence-corrected chi connectivity index (χ4v) is 3.69. The molecule has 0 unspecified atom stereocenters. The molecule has 0 N–H and O–H groups in total. The van der Waals surface area contributed by atoms with Crippen molar-refractivity contribution in [1.29, 1.82) is 0 Å². The van der Waals surface area contributed by atoms with Crippen LogP contribution < -0.4 is 0 Å². The zero-order valence-electron chi connectivity index (χ0n) is 17.2. The van der Waals surface area contributed by atoms with E-state index in [1.54, 1.807) is 0 Å². The molecule has 4 heteroatoms. The third kappa shape index (κ3) is 6.96. The Balaban J connectivity index is 1.91. The van der Waals surface area contributed by atoms with Gasteiger partial charge in [-0.3, -0.25) is 4.79 Å². The lowest BCUT2D eigenvalue weighted by Crippen LogP contribution is -2.43. The van der Waals surface area contributed by atoms with Crippen LogP contribution in [0.15, 0.2) is 53.6 Å². The smallest absolute Gasteiger partial charge is 0.308 e. The highest BCUT2D eigenvalue weighted by Crippen LogP contribution is 2.36. The van der Waals surface area contributed by atoms with Crippen LogP contribution in [0, 0.1) is 5.92 Å². The van der Waals surface area contributed by atoms with Crippen molar-refractivity contribution in [2.24, 2.45) is 5.92 Å². The van der Waals surface area contributed by atoms with Crippen LogP contribution in [0.4, 0.5) is 0 Å². The number of hydrogen-bond donors (Lipinski definition) is 0. The first-order chi connectivity index (χ1) is 12.8. The third-order valence-corrected chi connectivity index (χ3v) is 4.99. The standard InChI is InChI=1S/C23H32O4/c1-17(11-12-20-9-7-6-8-10-20)13-18(2)15-23(4)16-19(3)21(26-27-23)14-22(24)25-5/h6-11,13,19,21H,12,14-16H2,1-5H3/t19-,21+,23+/m1/s1. The Morgan fingerprint density at radius 1 is 1.30 bits per heavy atom. The van der Waals surface area contributed by atoms with Gasteiger partial charge in [0.05, 0.1) is 13.5 Å². The summed E-state index contributed by atoms with van der Waals surface area (Å²) in [5.74, 6) is -0.0420. The number of carbonyl (C=O) groups excluding carboxylic acids is 1. The Morgan fingerprint density at radius 3 is 2.63 bits per heavy atom. The van der Waals surface area contributed by atoms with Crippen molar-refractivity contribution >= 4 is 5.97 Å². The van der Waals surface area contributed by atoms with Crippen molar-refractivity contribution in [2.45, 2.75) is 65.1 Å². The van der Waals surface area contributed by atoms with E-state index in [2.05, 4.69) is 64.1 Å². The SMILES string of the molecule is COC(=O)C[C@@H]1OO[C@@](C)(CC(C)=CC(C)=CCc2ccccc2)C[C@H]1C. The van der Waals surface area contributed by atoms with E-state index in [-0.39, 0.29) is 30.0 Å². The molecule has 4 nitrogen and oxygen atoms in total. The minimum absolute atomic E-state index is 0.226. The molecule has 1 heterocycles. The highest BCUT2D eigenvalue weighted by molar-refractivity contribution is 5.69. The second kappa shape index (κ2) is 9.86. The summed E-state index contributed by atoms with van der Waals surface area (Å²) in [5, 5.41) is 0. The van der Waals surface area contributed by atoms with Gasteiger partial charge in [0.2, 0.25) is 0 Å². The second-order valence-corrected chi connectivity index (χ2v) is 7.93. The molecule has 1 aliphatic rings. The average Bonchev–Trinajstić information content (AvgIpc) is 2.62. The van der Waals surface area contributed by atoms with Crippen molar-refractivity contribution in [1.82, 2.24) is 0 Å². The summed E-state index contributed by atoms with van der Waals surface area (Å²) in [6.45, 7) is 8.42. The van der Waals surface area contributed by atoms with Gasteiger partial charge in [0, 0.05) is 6.42 Å². The van der Waals surface area contributed by atoms with Gasteiger partial charge < -0.3 is 4.74 Å². The van der Waals surface area contributed by atoms with E-state index in [0.29, 0.717) is 0 Å². The minimum Gasteiger partial charge on any atom is -0.469 e. The fourth-order valence-electron chi connectivity index (χ4n) is 3.69. The highest BCUT2D eigenvalue weighted by Gasteiger charge is 2.39. The molecule has 0 aliphatic carbocycles. The van der Waals surface area contributed by atoms with E-state index >= 15 is 0 Å². The van der Waals surface area contributed by atoms with Crippen LogP contribution in [0.2, 0.25) is 0 Å². The largest absolute Gasteiger partial charge is 0.469 e. The minimum atomic E-state index is -0.383. The van der Waals surface area contributed by atoms with Gasteiger partial charge in [0.1, 0.15) is 11.7 Å². The number of hydrogen-bond acceptors (Lipinski definition) is 4. The molecule has 1 aromatic rings. The topological polar surface area (TPSA) is 44.8 Å². The van der Waals surface area contributed by atoms with Crippen LogP contribution in [0.5, 0.6) is 0 Å². The Hall–Kier alpha value is -1.91. The quantitative estimate of drug-likeness (QED) is 0.375. The van der Waals surface area contributed by atoms with E-state index in [1.165, 1.54) is 23.8 Å². The van der Waals surface area contributed by atoms with Crippen LogP contribution in [-0.4, -0.2) is 24.8 Å². The summed E-state index contributed by atoms with van der Waals surface area (Å²) in [4.78, 5) is 22.7. The number of carbonyl (C=O) groups is 1. The summed E-state index contributed by atoms with van der Waals surface area (Å²) in [6, 6.07) is 10.4. The van der Waals surface area contributed by atoms with E-state index in [9.17, 15) is 4.79 Å². The zero-order valence-corrected chi connectivity index (χ0v) is 17.2. The lowest BCUT2D eigenvalue weighted by molar-refractivity contribution is -0.415. The van der Waals surface area contributed by atoms with E-state index in [1.807, 2.05) is 6.07 Å². The van der Waals surface area contributed by atoms with E-state index in [0.717, 1.165) is 19.3 Å².